The molecule has 0 radical (unpaired) electrons. The van der Waals surface area contributed by atoms with Crippen LogP contribution in [0.5, 0.6) is 0 Å². The average Bonchev–Trinajstić information content (AvgIpc) is 1.62. The normalized spacial score (nSPS) is 15.0. The van der Waals surface area contributed by atoms with E-state index in [9.17, 15) is 13.2 Å². The summed E-state index contributed by atoms with van der Waals surface area (Å²) in [6, 6.07) is 0. The zero-order chi connectivity index (χ0) is 7.65. The quantitative estimate of drug-likeness (QED) is 0.637. The van der Waals surface area contributed by atoms with Crippen LogP contribution < -0.4 is 5.14 Å². The summed E-state index contributed by atoms with van der Waals surface area (Å²) in [5.41, 5.74) is 0. The lowest BCUT2D eigenvalue weighted by Gasteiger charge is -1.99. The molecule has 0 aromatic carbocycles. The minimum Gasteiger partial charge on any atom is -0.298 e. The lowest BCUT2D eigenvalue weighted by molar-refractivity contribution is -0.115. The van der Waals surface area contributed by atoms with Crippen molar-refractivity contribution in [2.45, 2.75) is 11.1 Å². The second-order valence-electron chi connectivity index (χ2n) is 1.52. The molecule has 0 spiro atoms. The molecule has 0 aliphatic heterocycles. The molecule has 0 saturated heterocycles. The number of Topliss-reactive ketones (excluding diaryl/α,β-unsaturated/α-hetero) is 1. The van der Waals surface area contributed by atoms with Crippen molar-refractivity contribution in [1.29, 1.82) is 0 Å². The topological polar surface area (TPSA) is 77.2 Å². The lowest BCUT2D eigenvalue weighted by atomic mass is 10.5. The molecule has 1 atom stereocenters. The number of primary sulfonamides is 1. The predicted octanol–water partition coefficient (Wildman–Crippen LogP) is -0.415. The maximum absolute atomic E-state index is 10.3. The Hall–Kier alpha value is 0.0600. The third-order valence-corrected chi connectivity index (χ3v) is 3.72. The van der Waals surface area contributed by atoms with E-state index in [1.165, 1.54) is 0 Å². The number of hydrogen-bond donors (Lipinski definition) is 1. The fourth-order valence-corrected chi connectivity index (χ4v) is 0.694. The molecule has 0 bridgehead atoms. The minimum absolute atomic E-state index is 0.516. The fraction of sp³-hybridized carbons (Fsp3) is 0.667. The monoisotopic (exact) mass is 215 g/mol. The molecule has 0 heterocycles. The van der Waals surface area contributed by atoms with Gasteiger partial charge in [0.15, 0.2) is 9.94 Å². The van der Waals surface area contributed by atoms with Crippen molar-refractivity contribution in [2.24, 2.45) is 5.14 Å². The minimum atomic E-state index is -3.73. The number of nitrogens with two attached hydrogens (primary N) is 1. The molecule has 0 aromatic heterocycles. The van der Waals surface area contributed by atoms with Crippen LogP contribution in [0.15, 0.2) is 0 Å². The van der Waals surface area contributed by atoms with Crippen LogP contribution in [0.4, 0.5) is 0 Å². The molecule has 2 N–H and O–H groups in total. The third kappa shape index (κ3) is 2.92. The molecule has 9 heavy (non-hydrogen) atoms. The van der Waals surface area contributed by atoms with Gasteiger partial charge in [0.05, 0.1) is 0 Å². The van der Waals surface area contributed by atoms with E-state index in [0.29, 0.717) is 0 Å². The van der Waals surface area contributed by atoms with E-state index in [4.69, 9.17) is 0 Å². The highest BCUT2D eigenvalue weighted by molar-refractivity contribution is 9.11. The highest BCUT2D eigenvalue weighted by atomic mass is 79.9. The molecule has 0 aliphatic carbocycles. The molecule has 0 aliphatic rings. The third-order valence-electron chi connectivity index (χ3n) is 0.608. The predicted molar refractivity (Wildman–Crippen MR) is 36.5 cm³/mol. The van der Waals surface area contributed by atoms with Crippen LogP contribution in [0.1, 0.15) is 6.92 Å². The van der Waals surface area contributed by atoms with Gasteiger partial charge in [-0.2, -0.15) is 0 Å². The van der Waals surface area contributed by atoms with Crippen LogP contribution in [0.2, 0.25) is 0 Å². The number of carbonyl (C=O) groups excluding carboxylic acids is 1. The van der Waals surface area contributed by atoms with Gasteiger partial charge in [-0.15, -0.1) is 0 Å². The number of sulfonamides is 1. The molecule has 0 rings (SSSR count). The summed E-state index contributed by atoms with van der Waals surface area (Å²) in [7, 11) is -3.73. The van der Waals surface area contributed by atoms with E-state index >= 15 is 0 Å². The van der Waals surface area contributed by atoms with Crippen molar-refractivity contribution in [3.8, 4) is 0 Å². The summed E-state index contributed by atoms with van der Waals surface area (Å²) in [6.07, 6.45) is 0. The van der Waals surface area contributed by atoms with Crippen molar-refractivity contribution in [3.63, 3.8) is 0 Å². The number of alkyl halides is 1. The molecule has 6 heteroatoms. The van der Waals surface area contributed by atoms with Gasteiger partial charge in [-0.25, -0.2) is 13.6 Å². The van der Waals surface area contributed by atoms with E-state index < -0.39 is 20.0 Å². The zero-order valence-corrected chi connectivity index (χ0v) is 7.07. The lowest BCUT2D eigenvalue weighted by Crippen LogP contribution is -2.28. The summed E-state index contributed by atoms with van der Waals surface area (Å²) in [5, 5.41) is 4.58. The Balaban J connectivity index is 4.43. The van der Waals surface area contributed by atoms with Gasteiger partial charge in [-0.1, -0.05) is 15.9 Å². The van der Waals surface area contributed by atoms with Crippen LogP contribution in [0.3, 0.4) is 0 Å². The Morgan fingerprint density at radius 1 is 1.67 bits per heavy atom. The van der Waals surface area contributed by atoms with E-state index in [0.717, 1.165) is 6.92 Å². The molecule has 0 saturated carbocycles. The molecule has 0 amide bonds. The van der Waals surface area contributed by atoms with Crippen molar-refractivity contribution < 1.29 is 13.2 Å². The van der Waals surface area contributed by atoms with Crippen LogP contribution >= 0.6 is 15.9 Å². The maximum Gasteiger partial charge on any atom is 0.229 e. The van der Waals surface area contributed by atoms with E-state index in [-0.39, 0.29) is 0 Å². The van der Waals surface area contributed by atoms with Gasteiger partial charge in [0, 0.05) is 0 Å². The number of carbonyl (C=O) groups is 1. The van der Waals surface area contributed by atoms with Gasteiger partial charge < -0.3 is 0 Å². The summed E-state index contributed by atoms with van der Waals surface area (Å²) in [4.78, 5) is 10.3. The largest absolute Gasteiger partial charge is 0.298 e. The van der Waals surface area contributed by atoms with Crippen molar-refractivity contribution in [2.75, 3.05) is 0 Å². The van der Waals surface area contributed by atoms with Crippen LogP contribution in [-0.4, -0.2) is 18.4 Å². The van der Waals surface area contributed by atoms with Crippen molar-refractivity contribution in [1.82, 2.24) is 0 Å². The molecular weight excluding hydrogens is 210 g/mol. The highest BCUT2D eigenvalue weighted by Gasteiger charge is 2.21. The second-order valence-corrected chi connectivity index (χ2v) is 4.69. The molecule has 54 valence electrons. The first-order valence-corrected chi connectivity index (χ1v) is 4.54. The van der Waals surface area contributed by atoms with Gasteiger partial charge >= 0.3 is 0 Å². The molecule has 0 fully saturated rings. The SMILES string of the molecule is CC(=O)C(Br)S(N)(=O)=O. The van der Waals surface area contributed by atoms with Crippen LogP contribution in [0.25, 0.3) is 0 Å². The van der Waals surface area contributed by atoms with Crippen LogP contribution in [0, 0.1) is 0 Å². The van der Waals surface area contributed by atoms with Gasteiger partial charge in [-0.3, -0.25) is 4.79 Å². The van der Waals surface area contributed by atoms with Crippen LogP contribution in [-0.2, 0) is 14.8 Å². The Morgan fingerprint density at radius 3 is 2.00 bits per heavy atom. The number of rotatable bonds is 2. The fourth-order valence-electron chi connectivity index (χ4n) is 0.231. The maximum atomic E-state index is 10.3. The van der Waals surface area contributed by atoms with Gasteiger partial charge in [0.1, 0.15) is 0 Å². The Bertz CT molecular complexity index is 209. The summed E-state index contributed by atoms with van der Waals surface area (Å²) in [5.74, 6) is -0.516. The smallest absolute Gasteiger partial charge is 0.229 e. The first-order chi connectivity index (χ1) is 3.85. The summed E-state index contributed by atoms with van der Waals surface area (Å²) in [6.45, 7) is 1.14. The summed E-state index contributed by atoms with van der Waals surface area (Å²) >= 11 is 2.60. The van der Waals surface area contributed by atoms with Gasteiger partial charge in [-0.05, 0) is 6.92 Å². The second kappa shape index (κ2) is 2.76. The van der Waals surface area contributed by atoms with Gasteiger partial charge in [0.2, 0.25) is 10.0 Å². The van der Waals surface area contributed by atoms with E-state index in [1.54, 1.807) is 0 Å². The van der Waals surface area contributed by atoms with Crippen molar-refractivity contribution in [3.05, 3.63) is 0 Å². The average molecular weight is 216 g/mol. The number of ketones is 1. The first-order valence-electron chi connectivity index (χ1n) is 2.02. The molecule has 4 nitrogen and oxygen atoms in total. The Kier molecular flexibility index (Phi) is 2.78. The Morgan fingerprint density at radius 2 is 2.00 bits per heavy atom. The molecule has 0 aromatic rings. The van der Waals surface area contributed by atoms with Gasteiger partial charge in [0.25, 0.3) is 0 Å². The van der Waals surface area contributed by atoms with E-state index in [1.807, 2.05) is 0 Å². The summed E-state index contributed by atoms with van der Waals surface area (Å²) < 4.78 is 19.3. The zero-order valence-electron chi connectivity index (χ0n) is 4.67. The number of hydrogen-bond acceptors (Lipinski definition) is 3. The van der Waals surface area contributed by atoms with E-state index in [2.05, 4.69) is 21.1 Å². The van der Waals surface area contributed by atoms with Crippen molar-refractivity contribution >= 4 is 31.7 Å². The first kappa shape index (κ1) is 9.06. The highest BCUT2D eigenvalue weighted by Crippen LogP contribution is 2.05. The Labute approximate surface area is 61.6 Å². The molecule has 1 unspecified atom stereocenters. The standard InChI is InChI=1S/C3H6BrNO3S/c1-2(6)3(4)9(5,7)8/h3H,1H3,(H2,5,7,8). The molecular formula is C3H6BrNO3S. The number of halogens is 1.